The first kappa shape index (κ1) is 16.2. The van der Waals surface area contributed by atoms with Crippen LogP contribution < -0.4 is 14.8 Å². The number of carbonyl (C=O) groups is 2. The SMILES string of the molecule is COC(=O)c1ccc(N2CC(S(N)(=O)=O)CC2=O)cc1OC. The summed E-state index contributed by atoms with van der Waals surface area (Å²) in [6.07, 6.45) is -0.167. The summed E-state index contributed by atoms with van der Waals surface area (Å²) >= 11 is 0. The number of primary sulfonamides is 1. The number of hydrogen-bond acceptors (Lipinski definition) is 6. The molecule has 120 valence electrons. The van der Waals surface area contributed by atoms with Gasteiger partial charge in [-0.25, -0.2) is 18.4 Å². The molecular weight excluding hydrogens is 312 g/mol. The van der Waals surface area contributed by atoms with Crippen LogP contribution in [0.2, 0.25) is 0 Å². The van der Waals surface area contributed by atoms with Crippen LogP contribution in [0.3, 0.4) is 0 Å². The third kappa shape index (κ3) is 3.04. The molecule has 2 N–H and O–H groups in total. The maximum atomic E-state index is 12.0. The fourth-order valence-corrected chi connectivity index (χ4v) is 3.00. The van der Waals surface area contributed by atoms with Gasteiger partial charge < -0.3 is 14.4 Å². The zero-order chi connectivity index (χ0) is 16.5. The van der Waals surface area contributed by atoms with Crippen molar-refractivity contribution in [2.75, 3.05) is 25.7 Å². The van der Waals surface area contributed by atoms with Gasteiger partial charge in [-0.15, -0.1) is 0 Å². The summed E-state index contributed by atoms with van der Waals surface area (Å²) in [5.74, 6) is -0.693. The van der Waals surface area contributed by atoms with Gasteiger partial charge in [0.1, 0.15) is 16.6 Å². The van der Waals surface area contributed by atoms with Crippen molar-refractivity contribution in [2.24, 2.45) is 5.14 Å². The second-order valence-electron chi connectivity index (χ2n) is 4.80. The zero-order valence-corrected chi connectivity index (χ0v) is 12.9. The van der Waals surface area contributed by atoms with E-state index in [9.17, 15) is 18.0 Å². The molecule has 9 heteroatoms. The van der Waals surface area contributed by atoms with Crippen LogP contribution in [-0.4, -0.2) is 46.3 Å². The molecule has 1 aliphatic rings. The van der Waals surface area contributed by atoms with Gasteiger partial charge in [-0.3, -0.25) is 4.79 Å². The summed E-state index contributed by atoms with van der Waals surface area (Å²) in [5, 5.41) is 4.15. The van der Waals surface area contributed by atoms with Gasteiger partial charge in [-0.05, 0) is 12.1 Å². The minimum absolute atomic E-state index is 0.0294. The van der Waals surface area contributed by atoms with Crippen LogP contribution in [0.5, 0.6) is 5.75 Å². The number of hydrogen-bond donors (Lipinski definition) is 1. The average Bonchev–Trinajstić information content (AvgIpc) is 2.88. The van der Waals surface area contributed by atoms with Gasteiger partial charge in [-0.2, -0.15) is 0 Å². The molecule has 1 aromatic rings. The van der Waals surface area contributed by atoms with Crippen molar-refractivity contribution in [3.8, 4) is 5.75 Å². The Labute approximate surface area is 127 Å². The zero-order valence-electron chi connectivity index (χ0n) is 12.1. The summed E-state index contributed by atoms with van der Waals surface area (Å²) in [6, 6.07) is 4.46. The van der Waals surface area contributed by atoms with Crippen LogP contribution in [0.15, 0.2) is 18.2 Å². The molecule has 1 saturated heterocycles. The number of nitrogens with zero attached hydrogens (tertiary/aromatic N) is 1. The van der Waals surface area contributed by atoms with Gasteiger partial charge in [0.05, 0.1) is 14.2 Å². The van der Waals surface area contributed by atoms with Crippen molar-refractivity contribution in [2.45, 2.75) is 11.7 Å². The molecule has 1 unspecified atom stereocenters. The number of sulfonamides is 1. The first-order valence-electron chi connectivity index (χ1n) is 6.36. The molecule has 1 amide bonds. The highest BCUT2D eigenvalue weighted by Gasteiger charge is 2.37. The Kier molecular flexibility index (Phi) is 4.38. The predicted molar refractivity (Wildman–Crippen MR) is 78.2 cm³/mol. The molecule has 1 aromatic carbocycles. The topological polar surface area (TPSA) is 116 Å². The van der Waals surface area contributed by atoms with Gasteiger partial charge >= 0.3 is 5.97 Å². The lowest BCUT2D eigenvalue weighted by Crippen LogP contribution is -2.32. The number of nitrogens with two attached hydrogens (primary N) is 1. The van der Waals surface area contributed by atoms with E-state index in [0.29, 0.717) is 5.69 Å². The molecule has 0 saturated carbocycles. The minimum atomic E-state index is -3.79. The normalized spacial score (nSPS) is 18.4. The van der Waals surface area contributed by atoms with Gasteiger partial charge in [0.2, 0.25) is 15.9 Å². The lowest BCUT2D eigenvalue weighted by atomic mass is 10.1. The number of ether oxygens (including phenoxy) is 2. The van der Waals surface area contributed by atoms with Crippen LogP contribution in [0.4, 0.5) is 5.69 Å². The molecule has 22 heavy (non-hydrogen) atoms. The number of amides is 1. The van der Waals surface area contributed by atoms with E-state index in [0.717, 1.165) is 0 Å². The molecule has 1 fully saturated rings. The number of anilines is 1. The summed E-state index contributed by atoms with van der Waals surface area (Å²) in [6.45, 7) is -0.0294. The number of methoxy groups -OCH3 is 2. The molecule has 0 aliphatic carbocycles. The monoisotopic (exact) mass is 328 g/mol. The van der Waals surface area contributed by atoms with E-state index in [1.165, 1.54) is 37.3 Å². The van der Waals surface area contributed by atoms with Gasteiger partial charge in [-0.1, -0.05) is 0 Å². The Bertz CT molecular complexity index is 715. The van der Waals surface area contributed by atoms with Crippen molar-refractivity contribution in [3.05, 3.63) is 23.8 Å². The largest absolute Gasteiger partial charge is 0.496 e. The molecule has 8 nitrogen and oxygen atoms in total. The maximum absolute atomic E-state index is 12.0. The first-order chi connectivity index (χ1) is 10.3. The van der Waals surface area contributed by atoms with Crippen LogP contribution in [0, 0.1) is 0 Å². The van der Waals surface area contributed by atoms with Crippen LogP contribution >= 0.6 is 0 Å². The van der Waals surface area contributed by atoms with E-state index in [-0.39, 0.29) is 30.2 Å². The van der Waals surface area contributed by atoms with Gasteiger partial charge in [0.25, 0.3) is 0 Å². The van der Waals surface area contributed by atoms with E-state index in [1.54, 1.807) is 0 Å². The van der Waals surface area contributed by atoms with E-state index >= 15 is 0 Å². The molecule has 1 atom stereocenters. The molecule has 1 heterocycles. The molecule has 1 aliphatic heterocycles. The molecule has 0 bridgehead atoms. The lowest BCUT2D eigenvalue weighted by Gasteiger charge is -2.18. The van der Waals surface area contributed by atoms with E-state index in [1.807, 2.05) is 0 Å². The Morgan fingerprint density at radius 1 is 1.36 bits per heavy atom. The summed E-state index contributed by atoms with van der Waals surface area (Å²) in [5.41, 5.74) is 0.643. The Morgan fingerprint density at radius 3 is 2.55 bits per heavy atom. The second-order valence-corrected chi connectivity index (χ2v) is 6.64. The molecule has 0 radical (unpaired) electrons. The molecule has 0 aromatic heterocycles. The van der Waals surface area contributed by atoms with Crippen LogP contribution in [-0.2, 0) is 19.6 Å². The first-order valence-corrected chi connectivity index (χ1v) is 7.97. The highest BCUT2D eigenvalue weighted by atomic mass is 32.2. The van der Waals surface area contributed by atoms with Crippen LogP contribution in [0.25, 0.3) is 0 Å². The third-order valence-corrected chi connectivity index (χ3v) is 4.70. The average molecular weight is 328 g/mol. The summed E-state index contributed by atoms with van der Waals surface area (Å²) in [7, 11) is -1.16. The number of rotatable bonds is 4. The van der Waals surface area contributed by atoms with Crippen molar-refractivity contribution in [1.82, 2.24) is 0 Å². The predicted octanol–water partition coefficient (Wildman–Crippen LogP) is -0.124. The fourth-order valence-electron chi connectivity index (χ4n) is 2.27. The van der Waals surface area contributed by atoms with Crippen molar-refractivity contribution in [3.63, 3.8) is 0 Å². The van der Waals surface area contributed by atoms with Gasteiger partial charge in [0, 0.05) is 24.7 Å². The van der Waals surface area contributed by atoms with Gasteiger partial charge in [0.15, 0.2) is 0 Å². The second kappa shape index (κ2) is 5.93. The van der Waals surface area contributed by atoms with E-state index in [2.05, 4.69) is 4.74 Å². The molecule has 2 rings (SSSR count). The highest BCUT2D eigenvalue weighted by Crippen LogP contribution is 2.30. The smallest absolute Gasteiger partial charge is 0.341 e. The maximum Gasteiger partial charge on any atom is 0.341 e. The third-order valence-electron chi connectivity index (χ3n) is 3.46. The standard InChI is InChI=1S/C13H16N2O6S/c1-20-11-5-8(3-4-10(11)13(17)21-2)15-7-9(6-12(15)16)22(14,18)19/h3-5,9H,6-7H2,1-2H3,(H2,14,18,19). The molecule has 0 spiro atoms. The number of esters is 1. The Hall–Kier alpha value is -2.13. The van der Waals surface area contributed by atoms with Crippen LogP contribution in [0.1, 0.15) is 16.8 Å². The number of benzene rings is 1. The summed E-state index contributed by atoms with van der Waals surface area (Å²) < 4.78 is 32.5. The quantitative estimate of drug-likeness (QED) is 0.770. The lowest BCUT2D eigenvalue weighted by molar-refractivity contribution is -0.117. The summed E-state index contributed by atoms with van der Waals surface area (Å²) in [4.78, 5) is 24.9. The van der Waals surface area contributed by atoms with E-state index < -0.39 is 21.2 Å². The van der Waals surface area contributed by atoms with Crippen molar-refractivity contribution in [1.29, 1.82) is 0 Å². The minimum Gasteiger partial charge on any atom is -0.496 e. The fraction of sp³-hybridized carbons (Fsp3) is 0.385. The van der Waals surface area contributed by atoms with Crippen molar-refractivity contribution < 1.29 is 27.5 Å². The Morgan fingerprint density at radius 2 is 2.05 bits per heavy atom. The Balaban J connectivity index is 2.34. The molecular formula is C13H16N2O6S. The van der Waals surface area contributed by atoms with Crippen molar-refractivity contribution >= 4 is 27.6 Å². The van der Waals surface area contributed by atoms with E-state index in [4.69, 9.17) is 9.88 Å². The highest BCUT2D eigenvalue weighted by molar-refractivity contribution is 7.89. The number of carbonyl (C=O) groups excluding carboxylic acids is 2.